The third kappa shape index (κ3) is 5.66. The van der Waals surface area contributed by atoms with Crippen molar-refractivity contribution in [3.05, 3.63) is 11.6 Å². The fourth-order valence-corrected chi connectivity index (χ4v) is 5.09. The number of rotatable bonds is 10. The van der Waals surface area contributed by atoms with E-state index in [0.29, 0.717) is 19.6 Å². The molecule has 0 bridgehead atoms. The first-order valence-electron chi connectivity index (χ1n) is 12.1. The zero-order chi connectivity index (χ0) is 23.7. The van der Waals surface area contributed by atoms with Gasteiger partial charge >= 0.3 is 6.09 Å². The fourth-order valence-electron chi connectivity index (χ4n) is 5.09. The molecule has 3 fully saturated rings. The Morgan fingerprint density at radius 1 is 1.25 bits per heavy atom. The van der Waals surface area contributed by atoms with Crippen molar-refractivity contribution in [2.24, 2.45) is 11.8 Å². The van der Waals surface area contributed by atoms with E-state index in [0.717, 1.165) is 12.8 Å². The zero-order valence-electron chi connectivity index (χ0n) is 21.1. The summed E-state index contributed by atoms with van der Waals surface area (Å²) in [6, 6.07) is -0.110. The average Bonchev–Trinajstić information content (AvgIpc) is 3.62. The number of ether oxygens (including phenoxy) is 5. The summed E-state index contributed by atoms with van der Waals surface area (Å²) in [5.74, 6) is 0.253. The van der Waals surface area contributed by atoms with E-state index in [9.17, 15) is 4.79 Å². The highest BCUT2D eigenvalue weighted by Gasteiger charge is 2.72. The number of carbonyl (C=O) groups is 1. The number of alkyl carbamates (subject to hydrolysis) is 1. The van der Waals surface area contributed by atoms with Crippen molar-refractivity contribution < 1.29 is 28.5 Å². The lowest BCUT2D eigenvalue weighted by atomic mass is 9.68. The molecule has 2 aliphatic heterocycles. The SMILES string of the molecule is CO[C@@H]1[C@H](OC(=O)N[C@@H](COC(C)C)C(C)C)CC[C@]2(CO2)[C@H]1[C@@]1(C)O[C@@H]1CC=C(C)C. The summed E-state index contributed by atoms with van der Waals surface area (Å²) in [4.78, 5) is 12.8. The van der Waals surface area contributed by atoms with E-state index >= 15 is 0 Å². The van der Waals surface area contributed by atoms with E-state index in [1.807, 2.05) is 13.8 Å². The monoisotopic (exact) mass is 453 g/mol. The van der Waals surface area contributed by atoms with Gasteiger partial charge in [0.15, 0.2) is 0 Å². The van der Waals surface area contributed by atoms with E-state index < -0.39 is 6.09 Å². The topological polar surface area (TPSA) is 81.9 Å². The molecular formula is C25H43NO6. The number of nitrogens with one attached hydrogen (secondary N) is 1. The van der Waals surface area contributed by atoms with Gasteiger partial charge in [-0.2, -0.15) is 0 Å². The number of carbonyl (C=O) groups excluding carboxylic acids is 1. The van der Waals surface area contributed by atoms with Crippen LogP contribution in [0.15, 0.2) is 11.6 Å². The maximum absolute atomic E-state index is 12.8. The number of hydrogen-bond donors (Lipinski definition) is 1. The lowest BCUT2D eigenvalue weighted by Crippen LogP contribution is -2.56. The highest BCUT2D eigenvalue weighted by molar-refractivity contribution is 5.68. The van der Waals surface area contributed by atoms with Crippen LogP contribution >= 0.6 is 0 Å². The van der Waals surface area contributed by atoms with Gasteiger partial charge in [0.05, 0.1) is 37.4 Å². The van der Waals surface area contributed by atoms with Crippen LogP contribution < -0.4 is 5.32 Å². The standard InChI is InChI=1S/C25H43NO6/c1-15(2)9-10-20-24(7,32-20)22-21(28-8)19(11-12-25(22)14-30-25)31-23(27)26-18(16(3)4)13-29-17(5)6/h9,16-22H,10-14H2,1-8H3,(H,26,27)/t18-,19+,20+,21+,22+,24-,25-/m0/s1. The summed E-state index contributed by atoms with van der Waals surface area (Å²) in [6.45, 7) is 15.6. The molecule has 0 aromatic heterocycles. The summed E-state index contributed by atoms with van der Waals surface area (Å²) >= 11 is 0. The summed E-state index contributed by atoms with van der Waals surface area (Å²) < 4.78 is 29.8. The first kappa shape index (κ1) is 25.5. The van der Waals surface area contributed by atoms with Crippen LogP contribution in [0.1, 0.15) is 67.7 Å². The van der Waals surface area contributed by atoms with Crippen LogP contribution in [-0.4, -0.2) is 68.1 Å². The first-order chi connectivity index (χ1) is 15.0. The molecular weight excluding hydrogens is 410 g/mol. The molecule has 0 aromatic rings. The average molecular weight is 454 g/mol. The number of allylic oxidation sites excluding steroid dienone is 1. The van der Waals surface area contributed by atoms with Crippen molar-refractivity contribution in [2.75, 3.05) is 20.3 Å². The van der Waals surface area contributed by atoms with Gasteiger partial charge in [0.1, 0.15) is 23.4 Å². The van der Waals surface area contributed by atoms with Crippen LogP contribution in [0.2, 0.25) is 0 Å². The van der Waals surface area contributed by atoms with Crippen molar-refractivity contribution in [1.29, 1.82) is 0 Å². The summed E-state index contributed by atoms with van der Waals surface area (Å²) in [6.07, 6.45) is 3.85. The normalized spacial score (nSPS) is 36.8. The maximum Gasteiger partial charge on any atom is 0.407 e. The zero-order valence-corrected chi connectivity index (χ0v) is 21.1. The molecule has 3 rings (SSSR count). The van der Waals surface area contributed by atoms with Crippen molar-refractivity contribution in [3.63, 3.8) is 0 Å². The second-order valence-corrected chi connectivity index (χ2v) is 10.7. The molecule has 3 aliphatic rings. The molecule has 32 heavy (non-hydrogen) atoms. The van der Waals surface area contributed by atoms with Gasteiger partial charge in [-0.3, -0.25) is 0 Å². The van der Waals surface area contributed by atoms with E-state index in [4.69, 9.17) is 23.7 Å². The molecule has 1 spiro atoms. The Morgan fingerprint density at radius 2 is 1.94 bits per heavy atom. The Balaban J connectivity index is 1.66. The molecule has 7 atom stereocenters. The summed E-state index contributed by atoms with van der Waals surface area (Å²) in [5.41, 5.74) is 0.718. The molecule has 0 aromatic carbocycles. The quantitative estimate of drug-likeness (QED) is 0.394. The van der Waals surface area contributed by atoms with Crippen LogP contribution in [0.3, 0.4) is 0 Å². The van der Waals surface area contributed by atoms with Crippen LogP contribution in [0.5, 0.6) is 0 Å². The largest absolute Gasteiger partial charge is 0.443 e. The molecule has 1 aliphatic carbocycles. The minimum Gasteiger partial charge on any atom is -0.443 e. The van der Waals surface area contributed by atoms with Gasteiger partial charge in [-0.1, -0.05) is 25.5 Å². The van der Waals surface area contributed by atoms with Crippen molar-refractivity contribution >= 4 is 6.09 Å². The molecule has 2 saturated heterocycles. The molecule has 0 radical (unpaired) electrons. The molecule has 2 heterocycles. The number of hydrogen-bond acceptors (Lipinski definition) is 6. The Morgan fingerprint density at radius 3 is 2.47 bits per heavy atom. The Hall–Kier alpha value is -1.15. The predicted octanol–water partition coefficient (Wildman–Crippen LogP) is 4.24. The molecule has 1 amide bonds. The number of methoxy groups -OCH3 is 1. The fraction of sp³-hybridized carbons (Fsp3) is 0.880. The Bertz CT molecular complexity index is 684. The molecule has 1 saturated carbocycles. The first-order valence-corrected chi connectivity index (χ1v) is 12.1. The second kappa shape index (κ2) is 10.00. The third-order valence-corrected chi connectivity index (χ3v) is 7.21. The lowest BCUT2D eigenvalue weighted by molar-refractivity contribution is -0.118. The van der Waals surface area contributed by atoms with Crippen LogP contribution in [-0.2, 0) is 23.7 Å². The van der Waals surface area contributed by atoms with Crippen molar-refractivity contribution in [1.82, 2.24) is 5.32 Å². The van der Waals surface area contributed by atoms with Gasteiger partial charge in [-0.25, -0.2) is 4.79 Å². The van der Waals surface area contributed by atoms with Gasteiger partial charge < -0.3 is 29.0 Å². The number of epoxide rings is 2. The van der Waals surface area contributed by atoms with Gasteiger partial charge in [-0.05, 0) is 59.8 Å². The van der Waals surface area contributed by atoms with Crippen LogP contribution in [0.4, 0.5) is 4.79 Å². The summed E-state index contributed by atoms with van der Waals surface area (Å²) in [7, 11) is 1.69. The van der Waals surface area contributed by atoms with Crippen LogP contribution in [0, 0.1) is 11.8 Å². The molecule has 7 heteroatoms. The smallest absolute Gasteiger partial charge is 0.407 e. The van der Waals surface area contributed by atoms with E-state index in [-0.39, 0.29) is 53.5 Å². The Labute approximate surface area is 193 Å². The molecule has 184 valence electrons. The molecule has 1 N–H and O–H groups in total. The maximum atomic E-state index is 12.8. The van der Waals surface area contributed by atoms with Gasteiger partial charge in [0.2, 0.25) is 0 Å². The molecule has 7 nitrogen and oxygen atoms in total. The molecule has 0 unspecified atom stereocenters. The second-order valence-electron chi connectivity index (χ2n) is 10.7. The highest BCUT2D eigenvalue weighted by Crippen LogP contribution is 2.59. The lowest BCUT2D eigenvalue weighted by Gasteiger charge is -2.42. The van der Waals surface area contributed by atoms with Crippen molar-refractivity contribution in [3.8, 4) is 0 Å². The van der Waals surface area contributed by atoms with Crippen molar-refractivity contribution in [2.45, 2.75) is 109 Å². The minimum atomic E-state index is -0.419. The minimum absolute atomic E-state index is 0.0206. The van der Waals surface area contributed by atoms with E-state index in [1.165, 1.54) is 5.57 Å². The van der Waals surface area contributed by atoms with E-state index in [2.05, 4.69) is 46.0 Å². The Kier molecular flexibility index (Phi) is 7.96. The van der Waals surface area contributed by atoms with Gasteiger partial charge in [-0.15, -0.1) is 0 Å². The van der Waals surface area contributed by atoms with E-state index in [1.54, 1.807) is 7.11 Å². The summed E-state index contributed by atoms with van der Waals surface area (Å²) in [5, 5.41) is 3.00. The van der Waals surface area contributed by atoms with Gasteiger partial charge in [0, 0.05) is 7.11 Å². The van der Waals surface area contributed by atoms with Crippen LogP contribution in [0.25, 0.3) is 0 Å². The number of amides is 1. The third-order valence-electron chi connectivity index (χ3n) is 7.21. The highest BCUT2D eigenvalue weighted by atomic mass is 16.6. The predicted molar refractivity (Wildman–Crippen MR) is 123 cm³/mol. The van der Waals surface area contributed by atoms with Gasteiger partial charge in [0.25, 0.3) is 0 Å².